The normalized spacial score (nSPS) is 40.4. The fourth-order valence-electron chi connectivity index (χ4n) is 1.23. The molecule has 1 fully saturated rings. The minimum Gasteiger partial charge on any atom is -0.463 e. The van der Waals surface area contributed by atoms with Gasteiger partial charge in [-0.3, -0.25) is 0 Å². The predicted octanol–water partition coefficient (Wildman–Crippen LogP) is -0.709. The van der Waals surface area contributed by atoms with Crippen molar-refractivity contribution in [3.63, 3.8) is 0 Å². The van der Waals surface area contributed by atoms with Gasteiger partial charge in [0.15, 0.2) is 5.60 Å². The van der Waals surface area contributed by atoms with E-state index in [2.05, 4.69) is 4.74 Å². The second kappa shape index (κ2) is 2.46. The van der Waals surface area contributed by atoms with E-state index in [1.165, 1.54) is 6.92 Å². The maximum Gasteiger partial charge on any atom is 0.341 e. The van der Waals surface area contributed by atoms with Crippen molar-refractivity contribution in [3.8, 4) is 0 Å². The summed E-state index contributed by atoms with van der Waals surface area (Å²) in [5.41, 5.74) is -1.69. The molecule has 0 aliphatic carbocycles. The first kappa shape index (κ1) is 8.49. The Labute approximate surface area is 64.8 Å². The maximum atomic E-state index is 10.9. The van der Waals surface area contributed by atoms with Crippen molar-refractivity contribution < 1.29 is 19.7 Å². The molecule has 1 saturated heterocycles. The SMILES string of the molecule is C[C@@H]1COC(=O)[C@@]1(O)[C@@H](C)O. The minimum absolute atomic E-state index is 0.181. The van der Waals surface area contributed by atoms with E-state index in [4.69, 9.17) is 5.11 Å². The van der Waals surface area contributed by atoms with Gasteiger partial charge in [-0.05, 0) is 6.92 Å². The van der Waals surface area contributed by atoms with Crippen molar-refractivity contribution in [2.75, 3.05) is 6.61 Å². The van der Waals surface area contributed by atoms with Crippen LogP contribution in [0.2, 0.25) is 0 Å². The number of rotatable bonds is 1. The summed E-state index contributed by atoms with van der Waals surface area (Å²) in [4.78, 5) is 10.9. The summed E-state index contributed by atoms with van der Waals surface area (Å²) in [5.74, 6) is -1.06. The predicted molar refractivity (Wildman–Crippen MR) is 36.8 cm³/mol. The molecule has 11 heavy (non-hydrogen) atoms. The summed E-state index contributed by atoms with van der Waals surface area (Å²) >= 11 is 0. The van der Waals surface area contributed by atoms with Crippen molar-refractivity contribution in [1.29, 1.82) is 0 Å². The first-order valence-electron chi connectivity index (χ1n) is 3.57. The number of carbonyl (C=O) groups excluding carboxylic acids is 1. The molecule has 0 aromatic heterocycles. The van der Waals surface area contributed by atoms with Crippen LogP contribution in [-0.4, -0.2) is 34.5 Å². The van der Waals surface area contributed by atoms with E-state index in [9.17, 15) is 9.90 Å². The average molecular weight is 160 g/mol. The second-order valence-electron chi connectivity index (χ2n) is 3.00. The molecule has 0 radical (unpaired) electrons. The highest BCUT2D eigenvalue weighted by Crippen LogP contribution is 2.29. The molecule has 3 atom stereocenters. The van der Waals surface area contributed by atoms with Gasteiger partial charge < -0.3 is 14.9 Å². The fourth-order valence-corrected chi connectivity index (χ4v) is 1.23. The quantitative estimate of drug-likeness (QED) is 0.497. The molecule has 0 aromatic rings. The van der Waals surface area contributed by atoms with Gasteiger partial charge in [-0.1, -0.05) is 6.92 Å². The number of aliphatic hydroxyl groups is 2. The van der Waals surface area contributed by atoms with Crippen molar-refractivity contribution in [2.45, 2.75) is 25.6 Å². The van der Waals surface area contributed by atoms with E-state index >= 15 is 0 Å². The topological polar surface area (TPSA) is 66.8 Å². The highest BCUT2D eigenvalue weighted by atomic mass is 16.6. The lowest BCUT2D eigenvalue weighted by Crippen LogP contribution is -2.49. The maximum absolute atomic E-state index is 10.9. The van der Waals surface area contributed by atoms with Crippen LogP contribution in [0.5, 0.6) is 0 Å². The lowest BCUT2D eigenvalue weighted by molar-refractivity contribution is -0.164. The lowest BCUT2D eigenvalue weighted by Gasteiger charge is -2.25. The van der Waals surface area contributed by atoms with E-state index in [1.54, 1.807) is 6.92 Å². The van der Waals surface area contributed by atoms with E-state index in [0.29, 0.717) is 0 Å². The van der Waals surface area contributed by atoms with Crippen LogP contribution in [0, 0.1) is 5.92 Å². The summed E-state index contributed by atoms with van der Waals surface area (Å²) in [5, 5.41) is 18.7. The molecule has 64 valence electrons. The highest BCUT2D eigenvalue weighted by Gasteiger charge is 2.52. The molecule has 1 aliphatic heterocycles. The van der Waals surface area contributed by atoms with E-state index < -0.39 is 17.7 Å². The summed E-state index contributed by atoms with van der Waals surface area (Å²) in [6.45, 7) is 3.22. The molecule has 1 aliphatic rings. The molecule has 1 heterocycles. The molecule has 1 rings (SSSR count). The van der Waals surface area contributed by atoms with Crippen molar-refractivity contribution in [2.24, 2.45) is 5.92 Å². The molecule has 0 spiro atoms. The Hall–Kier alpha value is -0.610. The Morgan fingerprint density at radius 2 is 2.36 bits per heavy atom. The molecule has 4 heteroatoms. The number of aliphatic hydroxyl groups excluding tert-OH is 1. The van der Waals surface area contributed by atoms with Gasteiger partial charge in [-0.15, -0.1) is 0 Å². The first-order chi connectivity index (χ1) is 4.99. The third-order valence-electron chi connectivity index (χ3n) is 2.18. The molecule has 0 bridgehead atoms. The number of hydrogen-bond donors (Lipinski definition) is 2. The summed E-state index contributed by atoms with van der Waals surface area (Å²) < 4.78 is 4.59. The number of ether oxygens (including phenoxy) is 1. The zero-order chi connectivity index (χ0) is 8.65. The number of carbonyl (C=O) groups is 1. The Morgan fingerprint density at radius 1 is 1.82 bits per heavy atom. The molecular formula is C7H12O4. The van der Waals surface area contributed by atoms with Gasteiger partial charge >= 0.3 is 5.97 Å². The van der Waals surface area contributed by atoms with E-state index in [-0.39, 0.29) is 12.5 Å². The zero-order valence-electron chi connectivity index (χ0n) is 6.57. The van der Waals surface area contributed by atoms with E-state index in [0.717, 1.165) is 0 Å². The summed E-state index contributed by atoms with van der Waals surface area (Å²) in [7, 11) is 0. The third-order valence-corrected chi connectivity index (χ3v) is 2.18. The van der Waals surface area contributed by atoms with Crippen LogP contribution in [0.1, 0.15) is 13.8 Å². The Kier molecular flexibility index (Phi) is 1.90. The molecule has 4 nitrogen and oxygen atoms in total. The zero-order valence-corrected chi connectivity index (χ0v) is 6.57. The molecule has 0 unspecified atom stereocenters. The second-order valence-corrected chi connectivity index (χ2v) is 3.00. The standard InChI is InChI=1S/C7H12O4/c1-4-3-11-6(9)7(4,10)5(2)8/h4-5,8,10H,3H2,1-2H3/t4-,5-,7+/m1/s1. The largest absolute Gasteiger partial charge is 0.463 e. The van der Waals surface area contributed by atoms with Gasteiger partial charge in [0.2, 0.25) is 0 Å². The van der Waals surface area contributed by atoms with E-state index in [1.807, 2.05) is 0 Å². The van der Waals surface area contributed by atoms with Crippen molar-refractivity contribution in [3.05, 3.63) is 0 Å². The molecular weight excluding hydrogens is 148 g/mol. The van der Waals surface area contributed by atoms with Gasteiger partial charge in [-0.2, -0.15) is 0 Å². The fraction of sp³-hybridized carbons (Fsp3) is 0.857. The van der Waals surface area contributed by atoms with Gasteiger partial charge in [0, 0.05) is 5.92 Å². The molecule has 0 amide bonds. The van der Waals surface area contributed by atoms with Crippen LogP contribution in [0.25, 0.3) is 0 Å². The number of hydrogen-bond acceptors (Lipinski definition) is 4. The lowest BCUT2D eigenvalue weighted by atomic mass is 9.87. The monoisotopic (exact) mass is 160 g/mol. The summed E-state index contributed by atoms with van der Waals surface area (Å²) in [6.07, 6.45) is -1.08. The van der Waals surface area contributed by atoms with Gasteiger partial charge in [-0.25, -0.2) is 4.79 Å². The Morgan fingerprint density at radius 3 is 2.55 bits per heavy atom. The Bertz CT molecular complexity index is 177. The Balaban J connectivity index is 2.89. The van der Waals surface area contributed by atoms with Crippen LogP contribution in [0.3, 0.4) is 0 Å². The van der Waals surface area contributed by atoms with Gasteiger partial charge in [0.05, 0.1) is 12.7 Å². The van der Waals surface area contributed by atoms with Gasteiger partial charge in [0.25, 0.3) is 0 Å². The van der Waals surface area contributed by atoms with Crippen LogP contribution < -0.4 is 0 Å². The van der Waals surface area contributed by atoms with Crippen LogP contribution in [0.15, 0.2) is 0 Å². The first-order valence-corrected chi connectivity index (χ1v) is 3.57. The van der Waals surface area contributed by atoms with Gasteiger partial charge in [0.1, 0.15) is 0 Å². The van der Waals surface area contributed by atoms with Crippen LogP contribution in [-0.2, 0) is 9.53 Å². The summed E-state index contributed by atoms with van der Waals surface area (Å²) in [6, 6.07) is 0. The molecule has 2 N–H and O–H groups in total. The minimum atomic E-state index is -1.69. The van der Waals surface area contributed by atoms with Crippen molar-refractivity contribution >= 4 is 5.97 Å². The highest BCUT2D eigenvalue weighted by molar-refractivity contribution is 5.82. The number of esters is 1. The van der Waals surface area contributed by atoms with Crippen LogP contribution in [0.4, 0.5) is 0 Å². The number of cyclic esters (lactones) is 1. The smallest absolute Gasteiger partial charge is 0.341 e. The third kappa shape index (κ3) is 1.02. The van der Waals surface area contributed by atoms with Crippen LogP contribution >= 0.6 is 0 Å². The molecule has 0 saturated carbocycles. The average Bonchev–Trinajstić information content (AvgIpc) is 2.18. The van der Waals surface area contributed by atoms with Crippen molar-refractivity contribution in [1.82, 2.24) is 0 Å². The molecule has 0 aromatic carbocycles.